The Morgan fingerprint density at radius 3 is 2.47 bits per heavy atom. The van der Waals surface area contributed by atoms with Crippen molar-refractivity contribution in [1.82, 2.24) is 0 Å². The third-order valence-electron chi connectivity index (χ3n) is 2.84. The van der Waals surface area contributed by atoms with Gasteiger partial charge in [-0.25, -0.2) is 8.78 Å². The van der Waals surface area contributed by atoms with Crippen LogP contribution in [0.1, 0.15) is 11.1 Å². The number of carbonyl (C=O) groups is 1. The lowest BCUT2D eigenvalue weighted by Gasteiger charge is -2.10. The maximum absolute atomic E-state index is 13.3. The van der Waals surface area contributed by atoms with Crippen LogP contribution in [0, 0.1) is 18.6 Å². The molecule has 0 unspecified atom stereocenters. The van der Waals surface area contributed by atoms with Crippen LogP contribution in [-0.4, -0.2) is 11.1 Å². The Labute approximate surface area is 109 Å². The monoisotopic (exact) mass is 262 g/mol. The summed E-state index contributed by atoms with van der Waals surface area (Å²) in [6.45, 7) is 1.86. The van der Waals surface area contributed by atoms with Crippen molar-refractivity contribution in [2.45, 2.75) is 13.3 Å². The minimum Gasteiger partial charge on any atom is -0.481 e. The van der Waals surface area contributed by atoms with E-state index in [0.29, 0.717) is 16.7 Å². The smallest absolute Gasteiger partial charge is 0.307 e. The molecule has 2 rings (SSSR count). The predicted octanol–water partition coefficient (Wildman–Crippen LogP) is 3.57. The zero-order valence-electron chi connectivity index (χ0n) is 10.3. The van der Waals surface area contributed by atoms with Gasteiger partial charge in [-0.1, -0.05) is 29.8 Å². The molecule has 0 fully saturated rings. The van der Waals surface area contributed by atoms with Gasteiger partial charge in [0.25, 0.3) is 0 Å². The fourth-order valence-electron chi connectivity index (χ4n) is 1.94. The van der Waals surface area contributed by atoms with Gasteiger partial charge >= 0.3 is 5.97 Å². The highest BCUT2D eigenvalue weighted by Crippen LogP contribution is 2.27. The van der Waals surface area contributed by atoms with Crippen molar-refractivity contribution in [2.24, 2.45) is 0 Å². The number of hydrogen-bond donors (Lipinski definition) is 1. The Morgan fingerprint density at radius 1 is 1.11 bits per heavy atom. The van der Waals surface area contributed by atoms with Crippen molar-refractivity contribution in [3.63, 3.8) is 0 Å². The van der Waals surface area contributed by atoms with E-state index in [0.717, 1.165) is 17.7 Å². The van der Waals surface area contributed by atoms with Gasteiger partial charge in [-0.3, -0.25) is 4.79 Å². The molecule has 0 saturated heterocycles. The van der Waals surface area contributed by atoms with Crippen LogP contribution in [0.5, 0.6) is 0 Å². The van der Waals surface area contributed by atoms with Crippen LogP contribution in [0.2, 0.25) is 0 Å². The Morgan fingerprint density at radius 2 is 1.84 bits per heavy atom. The van der Waals surface area contributed by atoms with E-state index in [2.05, 4.69) is 0 Å². The molecular weight excluding hydrogens is 250 g/mol. The lowest BCUT2D eigenvalue weighted by atomic mass is 9.95. The maximum atomic E-state index is 13.3. The third kappa shape index (κ3) is 2.96. The van der Waals surface area contributed by atoms with E-state index < -0.39 is 17.6 Å². The van der Waals surface area contributed by atoms with E-state index in [1.807, 2.05) is 6.92 Å². The molecule has 19 heavy (non-hydrogen) atoms. The summed E-state index contributed by atoms with van der Waals surface area (Å²) < 4.78 is 26.2. The average molecular weight is 262 g/mol. The highest BCUT2D eigenvalue weighted by Gasteiger charge is 2.11. The van der Waals surface area contributed by atoms with E-state index >= 15 is 0 Å². The molecule has 1 N–H and O–H groups in total. The summed E-state index contributed by atoms with van der Waals surface area (Å²) in [6.07, 6.45) is -0.158. The van der Waals surface area contributed by atoms with Gasteiger partial charge in [-0.05, 0) is 35.7 Å². The Balaban J connectivity index is 2.55. The van der Waals surface area contributed by atoms with Crippen molar-refractivity contribution in [2.75, 3.05) is 0 Å². The summed E-state index contributed by atoms with van der Waals surface area (Å²) in [5.41, 5.74) is 2.58. The Hall–Kier alpha value is -2.23. The molecule has 0 saturated carbocycles. The molecule has 0 aromatic heterocycles. The molecule has 0 aliphatic heterocycles. The van der Waals surface area contributed by atoms with Gasteiger partial charge in [0.05, 0.1) is 6.42 Å². The third-order valence-corrected chi connectivity index (χ3v) is 2.84. The van der Waals surface area contributed by atoms with Gasteiger partial charge in [-0.15, -0.1) is 0 Å². The van der Waals surface area contributed by atoms with Gasteiger partial charge in [0.1, 0.15) is 0 Å². The summed E-state index contributed by atoms with van der Waals surface area (Å²) in [5, 5.41) is 8.87. The molecule has 2 nitrogen and oxygen atoms in total. The van der Waals surface area contributed by atoms with Crippen LogP contribution < -0.4 is 0 Å². The first-order chi connectivity index (χ1) is 8.97. The lowest BCUT2D eigenvalue weighted by Crippen LogP contribution is -2.02. The molecule has 2 aromatic rings. The van der Waals surface area contributed by atoms with Crippen molar-refractivity contribution < 1.29 is 18.7 Å². The first-order valence-corrected chi connectivity index (χ1v) is 5.74. The highest BCUT2D eigenvalue weighted by molar-refractivity contribution is 5.77. The molecule has 2 aromatic carbocycles. The lowest BCUT2D eigenvalue weighted by molar-refractivity contribution is -0.136. The van der Waals surface area contributed by atoms with E-state index in [1.165, 1.54) is 6.07 Å². The molecule has 0 heterocycles. The SMILES string of the molecule is Cc1ccc(CC(=O)O)c(-c2ccc(F)c(F)c2)c1. The average Bonchev–Trinajstić information content (AvgIpc) is 2.34. The Bertz CT molecular complexity index is 636. The zero-order valence-corrected chi connectivity index (χ0v) is 10.3. The van der Waals surface area contributed by atoms with Crippen LogP contribution in [0.4, 0.5) is 8.78 Å². The molecule has 0 bridgehead atoms. The first kappa shape index (κ1) is 13.2. The van der Waals surface area contributed by atoms with Gasteiger partial charge < -0.3 is 5.11 Å². The number of halogens is 2. The highest BCUT2D eigenvalue weighted by atomic mass is 19.2. The fourth-order valence-corrected chi connectivity index (χ4v) is 1.94. The normalized spacial score (nSPS) is 10.5. The molecule has 0 radical (unpaired) electrons. The maximum Gasteiger partial charge on any atom is 0.307 e. The molecular formula is C15H12F2O2. The number of hydrogen-bond acceptors (Lipinski definition) is 1. The Kier molecular flexibility index (Phi) is 3.60. The summed E-state index contributed by atoms with van der Waals surface area (Å²) in [6, 6.07) is 8.82. The minimum atomic E-state index is -0.965. The van der Waals surface area contributed by atoms with Crippen LogP contribution in [0.25, 0.3) is 11.1 Å². The molecule has 0 aliphatic rings. The molecule has 4 heteroatoms. The van der Waals surface area contributed by atoms with Crippen LogP contribution in [-0.2, 0) is 11.2 Å². The predicted molar refractivity (Wildman–Crippen MR) is 67.9 cm³/mol. The van der Waals surface area contributed by atoms with Crippen LogP contribution in [0.3, 0.4) is 0 Å². The number of rotatable bonds is 3. The molecule has 0 aliphatic carbocycles. The number of aryl methyl sites for hydroxylation is 1. The first-order valence-electron chi connectivity index (χ1n) is 5.74. The second-order valence-electron chi connectivity index (χ2n) is 4.36. The van der Waals surface area contributed by atoms with E-state index in [-0.39, 0.29) is 6.42 Å². The molecule has 0 amide bonds. The van der Waals surface area contributed by atoms with Gasteiger partial charge in [0.15, 0.2) is 11.6 Å². The summed E-state index contributed by atoms with van der Waals surface area (Å²) in [4.78, 5) is 10.8. The summed E-state index contributed by atoms with van der Waals surface area (Å²) in [7, 11) is 0. The van der Waals surface area contributed by atoms with E-state index in [4.69, 9.17) is 5.11 Å². The molecule has 98 valence electrons. The van der Waals surface area contributed by atoms with Crippen molar-refractivity contribution in [1.29, 1.82) is 0 Å². The van der Waals surface area contributed by atoms with Crippen LogP contribution in [0.15, 0.2) is 36.4 Å². The van der Waals surface area contributed by atoms with Crippen molar-refractivity contribution in [3.05, 3.63) is 59.2 Å². The summed E-state index contributed by atoms with van der Waals surface area (Å²) >= 11 is 0. The second kappa shape index (κ2) is 5.18. The molecule has 0 spiro atoms. The molecule has 0 atom stereocenters. The quantitative estimate of drug-likeness (QED) is 0.918. The number of carboxylic acid groups (broad SMARTS) is 1. The van der Waals surface area contributed by atoms with Crippen molar-refractivity contribution >= 4 is 5.97 Å². The summed E-state index contributed by atoms with van der Waals surface area (Å²) in [5.74, 6) is -2.83. The standard InChI is InChI=1S/C15H12F2O2/c1-9-2-3-11(8-15(18)19)12(6-9)10-4-5-13(16)14(17)7-10/h2-7H,8H2,1H3,(H,18,19). The number of benzene rings is 2. The fraction of sp³-hybridized carbons (Fsp3) is 0.133. The van der Waals surface area contributed by atoms with Crippen molar-refractivity contribution in [3.8, 4) is 11.1 Å². The van der Waals surface area contributed by atoms with Crippen LogP contribution >= 0.6 is 0 Å². The topological polar surface area (TPSA) is 37.3 Å². The van der Waals surface area contributed by atoms with Gasteiger partial charge in [0.2, 0.25) is 0 Å². The van der Waals surface area contributed by atoms with E-state index in [9.17, 15) is 13.6 Å². The zero-order chi connectivity index (χ0) is 14.0. The number of carboxylic acids is 1. The minimum absolute atomic E-state index is 0.158. The van der Waals surface area contributed by atoms with E-state index in [1.54, 1.807) is 18.2 Å². The largest absolute Gasteiger partial charge is 0.481 e. The second-order valence-corrected chi connectivity index (χ2v) is 4.36. The van der Waals surface area contributed by atoms with Gasteiger partial charge in [-0.2, -0.15) is 0 Å². The number of aliphatic carboxylic acids is 1. The van der Waals surface area contributed by atoms with Gasteiger partial charge in [0, 0.05) is 0 Å².